The van der Waals surface area contributed by atoms with Crippen LogP contribution >= 0.6 is 11.6 Å². The van der Waals surface area contributed by atoms with Crippen LogP contribution in [-0.4, -0.2) is 9.78 Å². The molecule has 7 heteroatoms. The molecule has 0 fully saturated rings. The summed E-state index contributed by atoms with van der Waals surface area (Å²) in [7, 11) is 1.24. The molecule has 1 aromatic rings. The van der Waals surface area contributed by atoms with Gasteiger partial charge in [-0.3, -0.25) is 4.68 Å². The van der Waals surface area contributed by atoms with Crippen LogP contribution in [0.2, 0.25) is 5.15 Å². The van der Waals surface area contributed by atoms with Crippen LogP contribution in [0.3, 0.4) is 0 Å². The lowest BCUT2D eigenvalue weighted by Gasteiger charge is -2.00. The van der Waals surface area contributed by atoms with Crippen LogP contribution in [0, 0.1) is 6.57 Å². The van der Waals surface area contributed by atoms with Gasteiger partial charge in [0.1, 0.15) is 5.15 Å². The molecule has 0 saturated carbocycles. The highest BCUT2D eigenvalue weighted by atomic mass is 35.5. The Balaban J connectivity index is 3.41. The molecule has 0 aromatic carbocycles. The van der Waals surface area contributed by atoms with Crippen molar-refractivity contribution in [3.05, 3.63) is 22.3 Å². The minimum Gasteiger partial charge on any atom is -0.268 e. The Kier molecular flexibility index (Phi) is 2.22. The molecule has 70 valence electrons. The molecule has 0 aliphatic heterocycles. The van der Waals surface area contributed by atoms with E-state index in [9.17, 15) is 13.2 Å². The van der Waals surface area contributed by atoms with Crippen molar-refractivity contribution < 1.29 is 13.2 Å². The molecular formula is C6H3ClF3N3. The first-order valence-corrected chi connectivity index (χ1v) is 3.43. The Bertz CT molecular complexity index is 374. The second-order valence-electron chi connectivity index (χ2n) is 2.22. The fraction of sp³-hybridized carbons (Fsp3) is 0.333. The quantitative estimate of drug-likeness (QED) is 0.602. The van der Waals surface area contributed by atoms with Crippen molar-refractivity contribution in [2.45, 2.75) is 6.18 Å². The molecule has 0 atom stereocenters. The van der Waals surface area contributed by atoms with Gasteiger partial charge in [0.05, 0.1) is 6.57 Å². The van der Waals surface area contributed by atoms with Crippen LogP contribution in [0.4, 0.5) is 18.9 Å². The van der Waals surface area contributed by atoms with E-state index in [0.717, 1.165) is 4.68 Å². The fourth-order valence-electron chi connectivity index (χ4n) is 0.782. The first kappa shape index (κ1) is 9.86. The van der Waals surface area contributed by atoms with Gasteiger partial charge in [0.25, 0.3) is 5.69 Å². The molecule has 0 bridgehead atoms. The molecule has 3 nitrogen and oxygen atoms in total. The predicted octanol–water partition coefficient (Wildman–Crippen LogP) is 2.64. The molecule has 0 amide bonds. The van der Waals surface area contributed by atoms with Gasteiger partial charge < -0.3 is 0 Å². The zero-order valence-corrected chi connectivity index (χ0v) is 7.11. The number of rotatable bonds is 0. The van der Waals surface area contributed by atoms with Crippen molar-refractivity contribution in [3.63, 3.8) is 0 Å². The van der Waals surface area contributed by atoms with Gasteiger partial charge in [0.2, 0.25) is 0 Å². The number of hydrogen-bond acceptors (Lipinski definition) is 1. The van der Waals surface area contributed by atoms with Crippen molar-refractivity contribution in [1.82, 2.24) is 9.78 Å². The highest BCUT2D eigenvalue weighted by Gasteiger charge is 2.38. The van der Waals surface area contributed by atoms with Crippen molar-refractivity contribution in [3.8, 4) is 0 Å². The molecule has 0 spiro atoms. The summed E-state index contributed by atoms with van der Waals surface area (Å²) in [6, 6.07) is 0. The maximum atomic E-state index is 12.2. The average Bonchev–Trinajstić information content (AvgIpc) is 2.28. The normalized spacial score (nSPS) is 11.4. The highest BCUT2D eigenvalue weighted by molar-refractivity contribution is 6.32. The third kappa shape index (κ3) is 1.60. The second-order valence-corrected chi connectivity index (χ2v) is 2.58. The molecule has 13 heavy (non-hydrogen) atoms. The number of halogens is 4. The summed E-state index contributed by atoms with van der Waals surface area (Å²) in [5, 5.41) is 2.79. The monoisotopic (exact) mass is 209 g/mol. The van der Waals surface area contributed by atoms with Crippen LogP contribution < -0.4 is 0 Å². The Morgan fingerprint density at radius 1 is 1.54 bits per heavy atom. The third-order valence-electron chi connectivity index (χ3n) is 1.33. The first-order valence-electron chi connectivity index (χ1n) is 3.05. The average molecular weight is 210 g/mol. The lowest BCUT2D eigenvalue weighted by molar-refractivity contribution is -0.140. The Morgan fingerprint density at radius 3 is 2.38 bits per heavy atom. The summed E-state index contributed by atoms with van der Waals surface area (Å²) in [5.74, 6) is 0. The van der Waals surface area contributed by atoms with Crippen LogP contribution in [0.15, 0.2) is 0 Å². The van der Waals surface area contributed by atoms with Crippen LogP contribution in [0.5, 0.6) is 0 Å². The van der Waals surface area contributed by atoms with Gasteiger partial charge in [-0.25, -0.2) is 4.85 Å². The van der Waals surface area contributed by atoms with Crippen LogP contribution in [0.1, 0.15) is 5.69 Å². The van der Waals surface area contributed by atoms with Crippen molar-refractivity contribution in [2.24, 2.45) is 7.05 Å². The van der Waals surface area contributed by atoms with E-state index in [0.29, 0.717) is 0 Å². The maximum absolute atomic E-state index is 12.2. The molecule has 1 rings (SSSR count). The molecule has 0 unspecified atom stereocenters. The molecule has 0 saturated heterocycles. The van der Waals surface area contributed by atoms with E-state index in [1.54, 1.807) is 0 Å². The molecule has 1 heterocycles. The number of aryl methyl sites for hydroxylation is 1. The number of alkyl halides is 3. The number of nitrogens with zero attached hydrogens (tertiary/aromatic N) is 3. The van der Waals surface area contributed by atoms with Crippen molar-refractivity contribution in [1.29, 1.82) is 0 Å². The summed E-state index contributed by atoms with van der Waals surface area (Å²) in [4.78, 5) is 2.67. The number of aromatic nitrogens is 2. The zero-order valence-electron chi connectivity index (χ0n) is 6.35. The molecule has 0 aliphatic carbocycles. The van der Waals surface area contributed by atoms with Crippen molar-refractivity contribution >= 4 is 17.3 Å². The standard InChI is InChI=1S/C6H3ClF3N3/c1-11-3-4(6(8,9)10)12-13(2)5(3)7/h2H3. The lowest BCUT2D eigenvalue weighted by Crippen LogP contribution is -2.06. The lowest BCUT2D eigenvalue weighted by atomic mass is 10.4. The Labute approximate surface area is 76.5 Å². The van der Waals surface area contributed by atoms with E-state index in [4.69, 9.17) is 18.2 Å². The van der Waals surface area contributed by atoms with E-state index in [1.807, 2.05) is 0 Å². The van der Waals surface area contributed by atoms with Gasteiger partial charge in [0, 0.05) is 7.05 Å². The molecule has 0 radical (unpaired) electrons. The predicted molar refractivity (Wildman–Crippen MR) is 39.5 cm³/mol. The molecule has 0 N–H and O–H groups in total. The van der Waals surface area contributed by atoms with Gasteiger partial charge >= 0.3 is 6.18 Å². The Hall–Kier alpha value is -1.22. The van der Waals surface area contributed by atoms with E-state index in [1.165, 1.54) is 7.05 Å². The zero-order chi connectivity index (χ0) is 10.2. The van der Waals surface area contributed by atoms with Gasteiger partial charge in [-0.1, -0.05) is 11.6 Å². The van der Waals surface area contributed by atoms with Gasteiger partial charge in [-0.2, -0.15) is 18.3 Å². The third-order valence-corrected chi connectivity index (χ3v) is 1.76. The Morgan fingerprint density at radius 2 is 2.08 bits per heavy atom. The fourth-order valence-corrected chi connectivity index (χ4v) is 0.952. The minimum absolute atomic E-state index is 0.303. The molecule has 0 aliphatic rings. The van der Waals surface area contributed by atoms with E-state index in [-0.39, 0.29) is 5.15 Å². The molecular weight excluding hydrogens is 207 g/mol. The van der Waals surface area contributed by atoms with Crippen molar-refractivity contribution in [2.75, 3.05) is 0 Å². The van der Waals surface area contributed by atoms with Crippen LogP contribution in [0.25, 0.3) is 4.85 Å². The maximum Gasteiger partial charge on any atom is 0.425 e. The van der Waals surface area contributed by atoms with Gasteiger partial charge in [-0.15, -0.1) is 0 Å². The van der Waals surface area contributed by atoms with E-state index >= 15 is 0 Å². The summed E-state index contributed by atoms with van der Waals surface area (Å²) in [6.45, 7) is 6.51. The van der Waals surface area contributed by atoms with Crippen LogP contribution in [-0.2, 0) is 13.2 Å². The number of hydrogen-bond donors (Lipinski definition) is 0. The van der Waals surface area contributed by atoms with E-state index < -0.39 is 17.6 Å². The topological polar surface area (TPSA) is 22.2 Å². The highest BCUT2D eigenvalue weighted by Crippen LogP contribution is 2.39. The first-order chi connectivity index (χ1) is 5.88. The van der Waals surface area contributed by atoms with Gasteiger partial charge in [0.15, 0.2) is 5.69 Å². The summed E-state index contributed by atoms with van der Waals surface area (Å²) in [6.07, 6.45) is -4.63. The smallest absolute Gasteiger partial charge is 0.268 e. The minimum atomic E-state index is -4.63. The second kappa shape index (κ2) is 2.92. The SMILES string of the molecule is [C-]#[N+]c1c(C(F)(F)F)nn(C)c1Cl. The summed E-state index contributed by atoms with van der Waals surface area (Å²) in [5.41, 5.74) is -1.90. The molecule has 1 aromatic heterocycles. The summed E-state index contributed by atoms with van der Waals surface area (Å²) < 4.78 is 37.3. The van der Waals surface area contributed by atoms with Gasteiger partial charge in [-0.05, 0) is 0 Å². The van der Waals surface area contributed by atoms with E-state index in [2.05, 4.69) is 9.94 Å². The largest absolute Gasteiger partial charge is 0.425 e. The summed E-state index contributed by atoms with van der Waals surface area (Å²) >= 11 is 5.41.